The molecule has 120 valence electrons. The van der Waals surface area contributed by atoms with E-state index in [-0.39, 0.29) is 24.5 Å². The van der Waals surface area contributed by atoms with E-state index in [9.17, 15) is 9.59 Å². The Balaban J connectivity index is 1.62. The van der Waals surface area contributed by atoms with Crippen LogP contribution in [0.3, 0.4) is 0 Å². The van der Waals surface area contributed by atoms with Gasteiger partial charge < -0.3 is 19.7 Å². The molecule has 1 N–H and O–H groups in total. The fourth-order valence-electron chi connectivity index (χ4n) is 2.79. The summed E-state index contributed by atoms with van der Waals surface area (Å²) in [5, 5.41) is 2.71. The number of amides is 2. The van der Waals surface area contributed by atoms with Crippen molar-refractivity contribution < 1.29 is 19.1 Å². The highest BCUT2D eigenvalue weighted by molar-refractivity contribution is 5.87. The predicted octanol–water partition coefficient (Wildman–Crippen LogP) is 0.699. The van der Waals surface area contributed by atoms with E-state index in [4.69, 9.17) is 9.47 Å². The normalized spacial score (nSPS) is 23.9. The average Bonchev–Trinajstić information content (AvgIpc) is 3.00. The molecule has 2 amide bonds. The number of hydrogen-bond acceptors (Lipinski definition) is 4. The van der Waals surface area contributed by atoms with Crippen LogP contribution in [0, 0.1) is 0 Å². The molecular weight excluding hydrogens is 272 g/mol. The molecule has 0 aromatic heterocycles. The van der Waals surface area contributed by atoms with Gasteiger partial charge in [0.1, 0.15) is 12.6 Å². The van der Waals surface area contributed by atoms with Crippen molar-refractivity contribution >= 4 is 11.8 Å². The molecule has 0 aliphatic carbocycles. The minimum atomic E-state index is -0.484. The highest BCUT2D eigenvalue weighted by atomic mass is 16.5. The molecule has 0 spiro atoms. The van der Waals surface area contributed by atoms with Crippen LogP contribution in [-0.2, 0) is 19.1 Å². The van der Waals surface area contributed by atoms with E-state index in [1.807, 2.05) is 4.90 Å². The minimum absolute atomic E-state index is 0.00202. The van der Waals surface area contributed by atoms with Gasteiger partial charge in [0.15, 0.2) is 0 Å². The Kier molecular flexibility index (Phi) is 6.45. The molecule has 0 saturated carbocycles. The minimum Gasteiger partial charge on any atom is -0.376 e. The Bertz CT molecular complexity index is 350. The number of nitrogens with zero attached hydrogens (tertiary/aromatic N) is 1. The second-order valence-electron chi connectivity index (χ2n) is 5.83. The van der Waals surface area contributed by atoms with Gasteiger partial charge in [-0.25, -0.2) is 0 Å². The van der Waals surface area contributed by atoms with Crippen LogP contribution in [0.1, 0.15) is 39.0 Å². The van der Waals surface area contributed by atoms with E-state index >= 15 is 0 Å². The van der Waals surface area contributed by atoms with Crippen molar-refractivity contribution in [3.8, 4) is 0 Å². The number of carbonyl (C=O) groups excluding carboxylic acids is 2. The van der Waals surface area contributed by atoms with Crippen LogP contribution in [0.25, 0.3) is 0 Å². The predicted molar refractivity (Wildman–Crippen MR) is 77.8 cm³/mol. The van der Waals surface area contributed by atoms with Gasteiger partial charge in [0.25, 0.3) is 0 Å². The molecule has 2 rings (SSSR count). The Morgan fingerprint density at radius 2 is 2.05 bits per heavy atom. The highest BCUT2D eigenvalue weighted by Crippen LogP contribution is 2.12. The maximum atomic E-state index is 12.2. The number of piperidine rings is 1. The SMILES string of the molecule is C[C@@H](NC(=O)COCC1CCCO1)C(=O)N1CCCCC1. The molecule has 2 saturated heterocycles. The summed E-state index contributed by atoms with van der Waals surface area (Å²) in [6.07, 6.45) is 5.45. The third kappa shape index (κ3) is 5.28. The highest BCUT2D eigenvalue weighted by Gasteiger charge is 2.23. The van der Waals surface area contributed by atoms with Crippen LogP contribution in [0.2, 0.25) is 0 Å². The molecule has 2 atom stereocenters. The van der Waals surface area contributed by atoms with Gasteiger partial charge in [0.2, 0.25) is 11.8 Å². The molecule has 0 radical (unpaired) electrons. The van der Waals surface area contributed by atoms with E-state index in [0.717, 1.165) is 45.4 Å². The van der Waals surface area contributed by atoms with Crippen LogP contribution in [0.4, 0.5) is 0 Å². The summed E-state index contributed by atoms with van der Waals surface area (Å²) in [5.41, 5.74) is 0. The first-order valence-electron chi connectivity index (χ1n) is 7.94. The molecule has 2 fully saturated rings. The van der Waals surface area contributed by atoms with Crippen LogP contribution in [0.15, 0.2) is 0 Å². The summed E-state index contributed by atoms with van der Waals surface area (Å²) in [6.45, 7) is 4.54. The van der Waals surface area contributed by atoms with E-state index in [1.165, 1.54) is 6.42 Å². The van der Waals surface area contributed by atoms with Crippen molar-refractivity contribution in [2.45, 2.75) is 51.2 Å². The third-order valence-corrected chi connectivity index (χ3v) is 3.98. The van der Waals surface area contributed by atoms with Crippen LogP contribution >= 0.6 is 0 Å². The van der Waals surface area contributed by atoms with Crippen molar-refractivity contribution in [3.05, 3.63) is 0 Å². The zero-order valence-corrected chi connectivity index (χ0v) is 12.8. The maximum absolute atomic E-state index is 12.2. The first kappa shape index (κ1) is 16.2. The molecule has 21 heavy (non-hydrogen) atoms. The summed E-state index contributed by atoms with van der Waals surface area (Å²) < 4.78 is 10.8. The van der Waals surface area contributed by atoms with E-state index in [1.54, 1.807) is 6.92 Å². The molecule has 0 aromatic carbocycles. The van der Waals surface area contributed by atoms with Gasteiger partial charge in [-0.2, -0.15) is 0 Å². The number of rotatable bonds is 6. The quantitative estimate of drug-likeness (QED) is 0.784. The van der Waals surface area contributed by atoms with Crippen molar-refractivity contribution in [1.29, 1.82) is 0 Å². The molecule has 2 heterocycles. The average molecular weight is 298 g/mol. The Morgan fingerprint density at radius 1 is 1.29 bits per heavy atom. The van der Waals surface area contributed by atoms with Crippen LogP contribution in [0.5, 0.6) is 0 Å². The molecule has 1 unspecified atom stereocenters. The molecule has 2 aliphatic rings. The molecule has 0 aromatic rings. The zero-order chi connectivity index (χ0) is 15.1. The van der Waals surface area contributed by atoms with Gasteiger partial charge >= 0.3 is 0 Å². The molecule has 6 heteroatoms. The largest absolute Gasteiger partial charge is 0.376 e. The summed E-state index contributed by atoms with van der Waals surface area (Å²) in [7, 11) is 0. The summed E-state index contributed by atoms with van der Waals surface area (Å²) >= 11 is 0. The van der Waals surface area contributed by atoms with E-state index in [0.29, 0.717) is 6.61 Å². The summed E-state index contributed by atoms with van der Waals surface area (Å²) in [4.78, 5) is 25.8. The van der Waals surface area contributed by atoms with Gasteiger partial charge in [-0.1, -0.05) is 0 Å². The Morgan fingerprint density at radius 3 is 2.71 bits per heavy atom. The topological polar surface area (TPSA) is 67.9 Å². The fourth-order valence-corrected chi connectivity index (χ4v) is 2.79. The molecule has 6 nitrogen and oxygen atoms in total. The van der Waals surface area contributed by atoms with E-state index < -0.39 is 6.04 Å². The van der Waals surface area contributed by atoms with Gasteiger partial charge in [-0.05, 0) is 39.0 Å². The lowest BCUT2D eigenvalue weighted by atomic mass is 10.1. The monoisotopic (exact) mass is 298 g/mol. The fraction of sp³-hybridized carbons (Fsp3) is 0.867. The van der Waals surface area contributed by atoms with Crippen LogP contribution < -0.4 is 5.32 Å². The Labute approximate surface area is 126 Å². The van der Waals surface area contributed by atoms with Crippen molar-refractivity contribution in [2.24, 2.45) is 0 Å². The number of ether oxygens (including phenoxy) is 2. The number of hydrogen-bond donors (Lipinski definition) is 1. The molecule has 0 bridgehead atoms. The molecular formula is C15H26N2O4. The Hall–Kier alpha value is -1.14. The van der Waals surface area contributed by atoms with Crippen molar-refractivity contribution in [1.82, 2.24) is 10.2 Å². The zero-order valence-electron chi connectivity index (χ0n) is 12.8. The lowest BCUT2D eigenvalue weighted by molar-refractivity contribution is -0.138. The van der Waals surface area contributed by atoms with Crippen molar-refractivity contribution in [2.75, 3.05) is 32.9 Å². The third-order valence-electron chi connectivity index (χ3n) is 3.98. The smallest absolute Gasteiger partial charge is 0.246 e. The number of likely N-dealkylation sites (tertiary alicyclic amines) is 1. The first-order valence-corrected chi connectivity index (χ1v) is 7.94. The van der Waals surface area contributed by atoms with Gasteiger partial charge in [0, 0.05) is 19.7 Å². The maximum Gasteiger partial charge on any atom is 0.246 e. The molecule has 2 aliphatic heterocycles. The summed E-state index contributed by atoms with van der Waals surface area (Å²) in [6, 6.07) is -0.484. The van der Waals surface area contributed by atoms with Gasteiger partial charge in [0.05, 0.1) is 12.7 Å². The standard InChI is InChI=1S/C15H26N2O4/c1-12(15(19)17-7-3-2-4-8-17)16-14(18)11-20-10-13-6-5-9-21-13/h12-13H,2-11H2,1H3,(H,16,18)/t12-,13?/m1/s1. The number of carbonyl (C=O) groups is 2. The van der Waals surface area contributed by atoms with Crippen LogP contribution in [-0.4, -0.2) is 61.8 Å². The summed E-state index contributed by atoms with van der Waals surface area (Å²) in [5.74, 6) is -0.243. The second kappa shape index (κ2) is 8.34. The van der Waals surface area contributed by atoms with Crippen molar-refractivity contribution in [3.63, 3.8) is 0 Å². The first-order chi connectivity index (χ1) is 10.2. The lowest BCUT2D eigenvalue weighted by Gasteiger charge is -2.29. The van der Waals surface area contributed by atoms with Gasteiger partial charge in [-0.15, -0.1) is 0 Å². The van der Waals surface area contributed by atoms with Gasteiger partial charge in [-0.3, -0.25) is 9.59 Å². The number of nitrogens with one attached hydrogen (secondary N) is 1. The lowest BCUT2D eigenvalue weighted by Crippen LogP contribution is -2.49. The second-order valence-corrected chi connectivity index (χ2v) is 5.83. The van der Waals surface area contributed by atoms with E-state index in [2.05, 4.69) is 5.32 Å².